The van der Waals surface area contributed by atoms with Gasteiger partial charge >= 0.3 is 5.97 Å². The lowest BCUT2D eigenvalue weighted by atomic mass is 10.5. The Morgan fingerprint density at radius 1 is 1.75 bits per heavy atom. The van der Waals surface area contributed by atoms with Crippen molar-refractivity contribution >= 4 is 21.9 Å². The van der Waals surface area contributed by atoms with E-state index in [-0.39, 0.29) is 5.69 Å². The van der Waals surface area contributed by atoms with Crippen LogP contribution in [0, 0.1) is 0 Å². The molecule has 2 rings (SSSR count). The van der Waals surface area contributed by atoms with Crippen LogP contribution in [0.5, 0.6) is 6.01 Å². The fraction of sp³-hybridized carbons (Fsp3) is 0.333. The molecule has 0 fully saturated rings. The molecule has 12 heavy (non-hydrogen) atoms. The summed E-state index contributed by atoms with van der Waals surface area (Å²) in [5.74, 6) is -0.994. The molecule has 1 aromatic heterocycles. The first-order valence-corrected chi connectivity index (χ1v) is 4.11. The highest BCUT2D eigenvalue weighted by Crippen LogP contribution is 2.25. The van der Waals surface area contributed by atoms with Gasteiger partial charge in [0, 0.05) is 0 Å². The molecule has 1 aromatic rings. The van der Waals surface area contributed by atoms with E-state index >= 15 is 0 Å². The summed E-state index contributed by atoms with van der Waals surface area (Å²) in [4.78, 5) is 14.6. The number of hydrogen-bond acceptors (Lipinski definition) is 3. The van der Waals surface area contributed by atoms with Crippen molar-refractivity contribution in [1.29, 1.82) is 0 Å². The zero-order valence-electron chi connectivity index (χ0n) is 5.95. The highest BCUT2D eigenvalue weighted by molar-refractivity contribution is 9.10. The van der Waals surface area contributed by atoms with E-state index in [2.05, 4.69) is 20.9 Å². The number of carbonyl (C=O) groups is 1. The molecule has 0 radical (unpaired) electrons. The van der Waals surface area contributed by atoms with Crippen LogP contribution < -0.4 is 4.74 Å². The van der Waals surface area contributed by atoms with Gasteiger partial charge in [0.05, 0.1) is 6.54 Å². The molecule has 0 bridgehead atoms. The topological polar surface area (TPSA) is 64.3 Å². The second-order valence-electron chi connectivity index (χ2n) is 2.34. The predicted octanol–water partition coefficient (Wildman–Crippen LogP) is 0.736. The molecule has 0 aromatic carbocycles. The summed E-state index contributed by atoms with van der Waals surface area (Å²) < 4.78 is 6.93. The van der Waals surface area contributed by atoms with E-state index in [1.54, 1.807) is 0 Å². The molecule has 0 amide bonds. The highest BCUT2D eigenvalue weighted by atomic mass is 79.9. The van der Waals surface area contributed by atoms with Crippen LogP contribution in [0.25, 0.3) is 0 Å². The number of carboxylic acid groups (broad SMARTS) is 1. The molecule has 0 unspecified atom stereocenters. The minimum absolute atomic E-state index is 0.155. The van der Waals surface area contributed by atoms with Gasteiger partial charge in [-0.25, -0.2) is 4.79 Å². The van der Waals surface area contributed by atoms with Crippen LogP contribution in [0.2, 0.25) is 0 Å². The summed E-state index contributed by atoms with van der Waals surface area (Å²) >= 11 is 3.05. The smallest absolute Gasteiger partial charge is 0.355 e. The Morgan fingerprint density at radius 3 is 3.17 bits per heavy atom. The van der Waals surface area contributed by atoms with Gasteiger partial charge in [0.1, 0.15) is 11.2 Å². The van der Waals surface area contributed by atoms with E-state index in [1.807, 2.05) is 0 Å². The second kappa shape index (κ2) is 2.48. The summed E-state index contributed by atoms with van der Waals surface area (Å²) in [5, 5.41) is 8.77. The molecule has 0 atom stereocenters. The van der Waals surface area contributed by atoms with E-state index < -0.39 is 5.97 Å². The van der Waals surface area contributed by atoms with Crippen LogP contribution >= 0.6 is 15.9 Å². The van der Waals surface area contributed by atoms with Crippen molar-refractivity contribution in [3.05, 3.63) is 10.3 Å². The number of ether oxygens (including phenoxy) is 1. The largest absolute Gasteiger partial charge is 0.476 e. The average molecular weight is 233 g/mol. The third-order valence-corrected chi connectivity index (χ3v) is 2.19. The number of halogens is 1. The third-order valence-electron chi connectivity index (χ3n) is 1.64. The van der Waals surface area contributed by atoms with Crippen LogP contribution in [-0.2, 0) is 6.54 Å². The second-order valence-corrected chi connectivity index (χ2v) is 3.09. The van der Waals surface area contributed by atoms with Crippen LogP contribution in [0.4, 0.5) is 0 Å². The van der Waals surface area contributed by atoms with Crippen molar-refractivity contribution < 1.29 is 14.6 Å². The van der Waals surface area contributed by atoms with Gasteiger partial charge in [-0.15, -0.1) is 0 Å². The number of aromatic nitrogens is 2. The summed E-state index contributed by atoms with van der Waals surface area (Å²) in [6.07, 6.45) is 0. The van der Waals surface area contributed by atoms with Crippen molar-refractivity contribution in [1.82, 2.24) is 9.55 Å². The number of hydrogen-bond donors (Lipinski definition) is 1. The third kappa shape index (κ3) is 0.911. The molecule has 1 aliphatic heterocycles. The van der Waals surface area contributed by atoms with Crippen molar-refractivity contribution in [2.75, 3.05) is 6.61 Å². The Bertz CT molecular complexity index is 347. The molecule has 2 heterocycles. The van der Waals surface area contributed by atoms with Gasteiger partial charge in [-0.1, -0.05) is 0 Å². The van der Waals surface area contributed by atoms with Crippen LogP contribution in [-0.4, -0.2) is 27.2 Å². The Balaban J connectivity index is 2.59. The van der Waals surface area contributed by atoms with Gasteiger partial charge in [-0.05, 0) is 15.9 Å². The molecule has 6 heteroatoms. The van der Waals surface area contributed by atoms with Gasteiger partial charge in [0.15, 0.2) is 5.69 Å². The fourth-order valence-electron chi connectivity index (χ4n) is 1.15. The number of rotatable bonds is 1. The number of carboxylic acids is 1. The lowest BCUT2D eigenvalue weighted by molar-refractivity contribution is 0.0684. The van der Waals surface area contributed by atoms with Gasteiger partial charge in [-0.3, -0.25) is 4.57 Å². The molecule has 64 valence electrons. The Morgan fingerprint density at radius 2 is 2.50 bits per heavy atom. The molecule has 0 aliphatic carbocycles. The number of imidazole rings is 1. The van der Waals surface area contributed by atoms with Gasteiger partial charge in [-0.2, -0.15) is 4.98 Å². The zero-order chi connectivity index (χ0) is 8.72. The van der Waals surface area contributed by atoms with E-state index in [0.717, 1.165) is 0 Å². The molecular formula is C6H5BrN2O3. The zero-order valence-corrected chi connectivity index (χ0v) is 7.54. The summed E-state index contributed by atoms with van der Waals surface area (Å²) in [5.41, 5.74) is 0.155. The van der Waals surface area contributed by atoms with E-state index in [4.69, 9.17) is 9.84 Å². The number of nitrogens with zero attached hydrogens (tertiary/aromatic N) is 2. The molecule has 1 N–H and O–H groups in total. The Kier molecular flexibility index (Phi) is 1.57. The molecule has 0 spiro atoms. The van der Waals surface area contributed by atoms with Crippen molar-refractivity contribution in [2.24, 2.45) is 0 Å². The first-order valence-electron chi connectivity index (χ1n) is 3.32. The Labute approximate surface area is 76.1 Å². The van der Waals surface area contributed by atoms with E-state index in [0.29, 0.717) is 23.8 Å². The maximum absolute atomic E-state index is 10.7. The monoisotopic (exact) mass is 232 g/mol. The van der Waals surface area contributed by atoms with Crippen molar-refractivity contribution in [3.8, 4) is 6.01 Å². The molecular weight excluding hydrogens is 228 g/mol. The van der Waals surface area contributed by atoms with Gasteiger partial charge < -0.3 is 9.84 Å². The summed E-state index contributed by atoms with van der Waals surface area (Å²) in [6.45, 7) is 1.05. The standard InChI is InChI=1S/C6H5BrN2O3/c7-4-3(5(10)11)9-1-2-12-6(9)8-4/h1-2H2,(H,10,11). The lowest BCUT2D eigenvalue weighted by Crippen LogP contribution is -2.06. The Hall–Kier alpha value is -1.04. The van der Waals surface area contributed by atoms with Crippen molar-refractivity contribution in [3.63, 3.8) is 0 Å². The average Bonchev–Trinajstić information content (AvgIpc) is 2.44. The molecule has 0 saturated carbocycles. The van der Waals surface area contributed by atoms with Crippen LogP contribution in [0.15, 0.2) is 4.60 Å². The summed E-state index contributed by atoms with van der Waals surface area (Å²) in [6, 6.07) is 0.374. The van der Waals surface area contributed by atoms with Gasteiger partial charge in [0.25, 0.3) is 6.01 Å². The van der Waals surface area contributed by atoms with E-state index in [1.165, 1.54) is 4.57 Å². The lowest BCUT2D eigenvalue weighted by Gasteiger charge is -1.95. The first-order chi connectivity index (χ1) is 5.70. The maximum Gasteiger partial charge on any atom is 0.355 e. The number of aromatic carboxylic acids is 1. The highest BCUT2D eigenvalue weighted by Gasteiger charge is 2.25. The fourth-order valence-corrected chi connectivity index (χ4v) is 1.69. The van der Waals surface area contributed by atoms with Crippen LogP contribution in [0.1, 0.15) is 10.5 Å². The normalized spacial score (nSPS) is 14.1. The van der Waals surface area contributed by atoms with Crippen molar-refractivity contribution in [2.45, 2.75) is 6.54 Å². The quantitative estimate of drug-likeness (QED) is 0.776. The number of fused-ring (bicyclic) bond motifs is 1. The SMILES string of the molecule is O=C(O)c1c(Br)nc2n1CCO2. The predicted molar refractivity (Wildman–Crippen MR) is 42.4 cm³/mol. The van der Waals surface area contributed by atoms with Gasteiger partial charge in [0.2, 0.25) is 0 Å². The summed E-state index contributed by atoms with van der Waals surface area (Å²) in [7, 11) is 0. The minimum Gasteiger partial charge on any atom is -0.476 e. The minimum atomic E-state index is -0.994. The molecule has 0 saturated heterocycles. The first kappa shape index (κ1) is 7.60. The molecule has 1 aliphatic rings. The maximum atomic E-state index is 10.7. The van der Waals surface area contributed by atoms with E-state index in [9.17, 15) is 4.79 Å². The van der Waals surface area contributed by atoms with Crippen LogP contribution in [0.3, 0.4) is 0 Å². The molecule has 5 nitrogen and oxygen atoms in total.